The maximum Gasteiger partial charge on any atom is 0.393 e. The van der Waals surface area contributed by atoms with Crippen LogP contribution in [0.2, 0.25) is 0 Å². The summed E-state index contributed by atoms with van der Waals surface area (Å²) in [6.45, 7) is 3.35. The third-order valence-corrected chi connectivity index (χ3v) is 3.60. The van der Waals surface area contributed by atoms with E-state index in [2.05, 4.69) is 10.6 Å². The number of rotatable bonds is 4. The quantitative estimate of drug-likeness (QED) is 0.894. The molecule has 1 aliphatic rings. The molecule has 1 heterocycles. The predicted molar refractivity (Wildman–Crippen MR) is 77.6 cm³/mol. The molecule has 7 heteroatoms. The largest absolute Gasteiger partial charge is 0.393 e. The smallest absolute Gasteiger partial charge is 0.326 e. The monoisotopic (exact) mass is 322 g/mol. The molecule has 1 aromatic carbocycles. The van der Waals surface area contributed by atoms with Crippen molar-refractivity contribution < 1.29 is 18.0 Å². The highest BCUT2D eigenvalue weighted by Gasteiger charge is 2.31. The maximum absolute atomic E-state index is 12.5. The number of carbonyl (C=O) groups excluding carboxylic acids is 1. The molecule has 0 bridgehead atoms. The Morgan fingerprint density at radius 3 is 2.52 bits per heavy atom. The van der Waals surface area contributed by atoms with Crippen molar-refractivity contribution in [1.29, 1.82) is 0 Å². The van der Waals surface area contributed by atoms with Gasteiger partial charge in [-0.15, -0.1) is 12.4 Å². The number of nitrogens with one attached hydrogen (secondary N) is 2. The standard InChI is InChI=1S/C14H17F3N2O.ClH/c1-9(11-7-18-8-11)13(20)19-12-5-3-2-4-10(12)6-14(15,16)17;/h2-5,9,11,18H,6-8H2,1H3,(H,19,20);1H. The van der Waals surface area contributed by atoms with Crippen LogP contribution in [-0.4, -0.2) is 25.2 Å². The van der Waals surface area contributed by atoms with Gasteiger partial charge in [-0.25, -0.2) is 0 Å². The van der Waals surface area contributed by atoms with Crippen LogP contribution in [-0.2, 0) is 11.2 Å². The highest BCUT2D eigenvalue weighted by Crippen LogP contribution is 2.27. The first-order valence-electron chi connectivity index (χ1n) is 6.53. The number of benzene rings is 1. The Morgan fingerprint density at radius 1 is 1.38 bits per heavy atom. The van der Waals surface area contributed by atoms with Gasteiger partial charge >= 0.3 is 6.18 Å². The fraction of sp³-hybridized carbons (Fsp3) is 0.500. The Bertz CT molecular complexity index is 489. The fourth-order valence-electron chi connectivity index (χ4n) is 2.14. The van der Waals surface area contributed by atoms with Crippen molar-refractivity contribution in [3.05, 3.63) is 29.8 Å². The Hall–Kier alpha value is -1.27. The zero-order valence-electron chi connectivity index (χ0n) is 11.5. The normalized spacial score (nSPS) is 16.6. The summed E-state index contributed by atoms with van der Waals surface area (Å²) in [6.07, 6.45) is -5.33. The van der Waals surface area contributed by atoms with Gasteiger partial charge in [-0.05, 0) is 30.6 Å². The van der Waals surface area contributed by atoms with E-state index in [1.54, 1.807) is 13.0 Å². The minimum absolute atomic E-state index is 0. The minimum Gasteiger partial charge on any atom is -0.326 e. The molecule has 21 heavy (non-hydrogen) atoms. The van der Waals surface area contributed by atoms with Gasteiger partial charge in [0.1, 0.15) is 0 Å². The molecule has 0 spiro atoms. The lowest BCUT2D eigenvalue weighted by Gasteiger charge is -2.31. The first-order chi connectivity index (χ1) is 9.37. The van der Waals surface area contributed by atoms with E-state index in [9.17, 15) is 18.0 Å². The number of halogens is 4. The van der Waals surface area contributed by atoms with E-state index >= 15 is 0 Å². The molecule has 1 unspecified atom stereocenters. The fourth-order valence-corrected chi connectivity index (χ4v) is 2.14. The molecule has 1 aliphatic heterocycles. The first kappa shape index (κ1) is 17.8. The van der Waals surface area contributed by atoms with Crippen molar-refractivity contribution in [3.8, 4) is 0 Å². The third kappa shape index (κ3) is 4.89. The lowest BCUT2D eigenvalue weighted by Crippen LogP contribution is -2.48. The average Bonchev–Trinajstić information content (AvgIpc) is 2.27. The first-order valence-corrected chi connectivity index (χ1v) is 6.53. The second-order valence-electron chi connectivity index (χ2n) is 5.15. The second kappa shape index (κ2) is 7.13. The summed E-state index contributed by atoms with van der Waals surface area (Å²) in [6, 6.07) is 6.05. The average molecular weight is 323 g/mol. The molecule has 0 aromatic heterocycles. The van der Waals surface area contributed by atoms with Crippen molar-refractivity contribution in [2.75, 3.05) is 18.4 Å². The molecular formula is C14H18ClF3N2O. The van der Waals surface area contributed by atoms with Gasteiger partial charge in [-0.3, -0.25) is 4.79 Å². The molecule has 1 saturated heterocycles. The Kier molecular flexibility index (Phi) is 6.04. The molecule has 118 valence electrons. The van der Waals surface area contributed by atoms with Crippen LogP contribution >= 0.6 is 12.4 Å². The zero-order chi connectivity index (χ0) is 14.8. The lowest BCUT2D eigenvalue weighted by atomic mass is 9.88. The second-order valence-corrected chi connectivity index (χ2v) is 5.15. The molecule has 2 N–H and O–H groups in total. The highest BCUT2D eigenvalue weighted by molar-refractivity contribution is 5.93. The number of hydrogen-bond donors (Lipinski definition) is 2. The summed E-state index contributed by atoms with van der Waals surface area (Å²) in [7, 11) is 0. The van der Waals surface area contributed by atoms with Crippen LogP contribution in [0, 0.1) is 11.8 Å². The molecule has 3 nitrogen and oxygen atoms in total. The number of amides is 1. The van der Waals surface area contributed by atoms with E-state index in [0.717, 1.165) is 13.1 Å². The predicted octanol–water partition coefficient (Wildman–Crippen LogP) is 3.01. The summed E-state index contributed by atoms with van der Waals surface area (Å²) < 4.78 is 37.5. The number of para-hydroxylation sites is 1. The highest BCUT2D eigenvalue weighted by atomic mass is 35.5. The van der Waals surface area contributed by atoms with Crippen molar-refractivity contribution >= 4 is 24.0 Å². The van der Waals surface area contributed by atoms with E-state index in [0.29, 0.717) is 0 Å². The van der Waals surface area contributed by atoms with E-state index in [1.165, 1.54) is 18.2 Å². The Labute approximate surface area is 127 Å². The number of alkyl halides is 3. The van der Waals surface area contributed by atoms with Gasteiger partial charge in [0.05, 0.1) is 6.42 Å². The molecule has 0 radical (unpaired) electrons. The van der Waals surface area contributed by atoms with E-state index in [1.807, 2.05) is 0 Å². The summed E-state index contributed by atoms with van der Waals surface area (Å²) in [5.74, 6) is -0.189. The van der Waals surface area contributed by atoms with E-state index < -0.39 is 12.6 Å². The van der Waals surface area contributed by atoms with E-state index in [-0.39, 0.29) is 41.4 Å². The van der Waals surface area contributed by atoms with Gasteiger partial charge < -0.3 is 10.6 Å². The van der Waals surface area contributed by atoms with Gasteiger partial charge in [0, 0.05) is 11.6 Å². The van der Waals surface area contributed by atoms with Crippen LogP contribution in [0.5, 0.6) is 0 Å². The number of carbonyl (C=O) groups is 1. The van der Waals surface area contributed by atoms with Gasteiger partial charge in [0.15, 0.2) is 0 Å². The van der Waals surface area contributed by atoms with Gasteiger partial charge in [-0.2, -0.15) is 13.2 Å². The molecule has 1 atom stereocenters. The molecule has 2 rings (SSSR count). The summed E-state index contributed by atoms with van der Waals surface area (Å²) in [5.41, 5.74) is 0.334. The maximum atomic E-state index is 12.5. The van der Waals surface area contributed by atoms with Crippen molar-refractivity contribution in [3.63, 3.8) is 0 Å². The topological polar surface area (TPSA) is 41.1 Å². The summed E-state index contributed by atoms with van der Waals surface area (Å²) in [5, 5.41) is 5.69. The van der Waals surface area contributed by atoms with Crippen LogP contribution in [0.4, 0.5) is 18.9 Å². The van der Waals surface area contributed by atoms with Crippen LogP contribution < -0.4 is 10.6 Å². The SMILES string of the molecule is CC(C(=O)Nc1ccccc1CC(F)(F)F)C1CNC1.Cl. The Balaban J connectivity index is 0.00000220. The molecule has 1 aromatic rings. The third-order valence-electron chi connectivity index (χ3n) is 3.60. The molecule has 0 saturated carbocycles. The molecule has 1 fully saturated rings. The van der Waals surface area contributed by atoms with E-state index in [4.69, 9.17) is 0 Å². The zero-order valence-corrected chi connectivity index (χ0v) is 12.4. The van der Waals surface area contributed by atoms with Crippen molar-refractivity contribution in [2.24, 2.45) is 11.8 Å². The number of hydrogen-bond acceptors (Lipinski definition) is 2. The molecule has 0 aliphatic carbocycles. The van der Waals surface area contributed by atoms with Crippen LogP contribution in [0.25, 0.3) is 0 Å². The lowest BCUT2D eigenvalue weighted by molar-refractivity contribution is -0.127. The number of anilines is 1. The van der Waals surface area contributed by atoms with Crippen LogP contribution in [0.3, 0.4) is 0 Å². The van der Waals surface area contributed by atoms with Crippen molar-refractivity contribution in [2.45, 2.75) is 19.5 Å². The van der Waals surface area contributed by atoms with Crippen molar-refractivity contribution in [1.82, 2.24) is 5.32 Å². The van der Waals surface area contributed by atoms with Gasteiger partial charge in [0.2, 0.25) is 5.91 Å². The van der Waals surface area contributed by atoms with Crippen LogP contribution in [0.1, 0.15) is 12.5 Å². The summed E-state index contributed by atoms with van der Waals surface area (Å²) >= 11 is 0. The summed E-state index contributed by atoms with van der Waals surface area (Å²) in [4.78, 5) is 12.0. The van der Waals surface area contributed by atoms with Crippen LogP contribution in [0.15, 0.2) is 24.3 Å². The van der Waals surface area contributed by atoms with Gasteiger partial charge in [-0.1, -0.05) is 25.1 Å². The van der Waals surface area contributed by atoms with Gasteiger partial charge in [0.25, 0.3) is 0 Å². The minimum atomic E-state index is -4.29. The Morgan fingerprint density at radius 2 is 2.00 bits per heavy atom. The molecule has 1 amide bonds. The molecular weight excluding hydrogens is 305 g/mol.